The Labute approximate surface area is 115 Å². The highest BCUT2D eigenvalue weighted by molar-refractivity contribution is 7.89. The minimum absolute atomic E-state index is 0.284. The van der Waals surface area contributed by atoms with Crippen LogP contribution in [0.3, 0.4) is 0 Å². The molecule has 0 spiro atoms. The van der Waals surface area contributed by atoms with Crippen LogP contribution in [0.1, 0.15) is 13.8 Å². The Morgan fingerprint density at radius 1 is 1.45 bits per heavy atom. The van der Waals surface area contributed by atoms with Gasteiger partial charge in [-0.2, -0.15) is 0 Å². The number of hydrogen-bond acceptors (Lipinski definition) is 5. The zero-order valence-electron chi connectivity index (χ0n) is 10.9. The molecule has 0 radical (unpaired) electrons. The number of aliphatic carboxylic acids is 1. The first-order chi connectivity index (χ1) is 9.06. The van der Waals surface area contributed by atoms with Gasteiger partial charge in [0.25, 0.3) is 5.69 Å². The molecule has 1 aromatic carbocycles. The number of carboxylic acid groups (broad SMARTS) is 1. The van der Waals surface area contributed by atoms with Gasteiger partial charge in [-0.15, -0.1) is 0 Å². The molecule has 110 valence electrons. The number of non-ortho nitro benzene ring substituents is 1. The predicted molar refractivity (Wildman–Crippen MR) is 69.7 cm³/mol. The summed E-state index contributed by atoms with van der Waals surface area (Å²) >= 11 is 0. The molecule has 1 aromatic rings. The number of carboxylic acids is 1. The number of nitrogens with one attached hydrogen (secondary N) is 1. The number of benzene rings is 1. The van der Waals surface area contributed by atoms with Gasteiger partial charge in [-0.1, -0.05) is 6.07 Å². The number of hydrogen-bond donors (Lipinski definition) is 2. The minimum Gasteiger partial charge on any atom is -0.481 e. The van der Waals surface area contributed by atoms with E-state index in [1.54, 1.807) is 0 Å². The third-order valence-corrected chi connectivity index (χ3v) is 4.02. The first-order valence-electron chi connectivity index (χ1n) is 5.54. The topological polar surface area (TPSA) is 127 Å². The zero-order valence-corrected chi connectivity index (χ0v) is 11.7. The molecule has 0 unspecified atom stereocenters. The maximum absolute atomic E-state index is 11.9. The van der Waals surface area contributed by atoms with Crippen molar-refractivity contribution in [3.63, 3.8) is 0 Å². The smallest absolute Gasteiger partial charge is 0.310 e. The van der Waals surface area contributed by atoms with Gasteiger partial charge >= 0.3 is 5.97 Å². The van der Waals surface area contributed by atoms with Crippen molar-refractivity contribution in [2.24, 2.45) is 5.41 Å². The number of carbonyl (C=O) groups is 1. The highest BCUT2D eigenvalue weighted by atomic mass is 32.2. The summed E-state index contributed by atoms with van der Waals surface area (Å²) in [6.45, 7) is 2.41. The Balaban J connectivity index is 2.98. The fourth-order valence-electron chi connectivity index (χ4n) is 1.20. The van der Waals surface area contributed by atoms with Gasteiger partial charge < -0.3 is 5.11 Å². The van der Waals surface area contributed by atoms with E-state index in [4.69, 9.17) is 5.11 Å². The van der Waals surface area contributed by atoms with E-state index >= 15 is 0 Å². The molecule has 20 heavy (non-hydrogen) atoms. The van der Waals surface area contributed by atoms with Gasteiger partial charge in [0, 0.05) is 18.7 Å². The third-order valence-electron chi connectivity index (χ3n) is 2.62. The lowest BCUT2D eigenvalue weighted by atomic mass is 9.95. The molecule has 8 nitrogen and oxygen atoms in total. The van der Waals surface area contributed by atoms with E-state index in [2.05, 4.69) is 4.72 Å². The van der Waals surface area contributed by atoms with Crippen LogP contribution < -0.4 is 4.72 Å². The van der Waals surface area contributed by atoms with E-state index in [1.165, 1.54) is 32.0 Å². The van der Waals surface area contributed by atoms with Crippen LogP contribution in [0.2, 0.25) is 0 Å². The summed E-state index contributed by atoms with van der Waals surface area (Å²) in [5.41, 5.74) is -1.64. The van der Waals surface area contributed by atoms with E-state index < -0.39 is 26.3 Å². The Morgan fingerprint density at radius 3 is 2.55 bits per heavy atom. The van der Waals surface area contributed by atoms with E-state index in [1.807, 2.05) is 0 Å². The Hall–Kier alpha value is -2.00. The number of sulfonamides is 1. The molecular weight excluding hydrogens is 288 g/mol. The molecule has 0 fully saturated rings. The average molecular weight is 302 g/mol. The maximum Gasteiger partial charge on any atom is 0.310 e. The summed E-state index contributed by atoms with van der Waals surface area (Å²) in [6.07, 6.45) is 0. The standard InChI is InChI=1S/C11H14N2O6S/c1-11(2,10(14)15)7-12-20(18,19)9-5-3-4-8(6-9)13(16)17/h3-6,12H,7H2,1-2H3,(H,14,15). The predicted octanol–water partition coefficient (Wildman–Crippen LogP) is 0.984. The van der Waals surface area contributed by atoms with E-state index in [-0.39, 0.29) is 17.1 Å². The molecule has 9 heteroatoms. The fourth-order valence-corrected chi connectivity index (χ4v) is 2.45. The van der Waals surface area contributed by atoms with E-state index in [0.29, 0.717) is 0 Å². The van der Waals surface area contributed by atoms with E-state index in [0.717, 1.165) is 6.07 Å². The van der Waals surface area contributed by atoms with Crippen molar-refractivity contribution >= 4 is 21.7 Å². The van der Waals surface area contributed by atoms with Crippen molar-refractivity contribution in [3.8, 4) is 0 Å². The van der Waals surface area contributed by atoms with Gasteiger partial charge in [0.05, 0.1) is 15.2 Å². The van der Waals surface area contributed by atoms with Crippen molar-refractivity contribution in [2.75, 3.05) is 6.54 Å². The monoisotopic (exact) mass is 302 g/mol. The number of rotatable bonds is 6. The molecule has 0 saturated heterocycles. The van der Waals surface area contributed by atoms with Crippen LogP contribution >= 0.6 is 0 Å². The second kappa shape index (κ2) is 5.55. The molecule has 0 saturated carbocycles. The summed E-state index contributed by atoms with van der Waals surface area (Å²) in [7, 11) is -4.00. The van der Waals surface area contributed by atoms with Crippen LogP contribution in [-0.2, 0) is 14.8 Å². The van der Waals surface area contributed by atoms with Crippen LogP contribution in [0.25, 0.3) is 0 Å². The maximum atomic E-state index is 11.9. The largest absolute Gasteiger partial charge is 0.481 e. The number of nitrogens with zero attached hydrogens (tertiary/aromatic N) is 1. The second-order valence-electron chi connectivity index (χ2n) is 4.77. The number of nitro benzene ring substituents is 1. The second-order valence-corrected chi connectivity index (χ2v) is 6.54. The SMILES string of the molecule is CC(C)(CNS(=O)(=O)c1cccc([N+](=O)[O-])c1)C(=O)O. The molecule has 0 heterocycles. The third kappa shape index (κ3) is 3.75. The Bertz CT molecular complexity index is 638. The summed E-state index contributed by atoms with van der Waals surface area (Å²) in [5, 5.41) is 19.5. The van der Waals surface area contributed by atoms with Crippen LogP contribution in [0.15, 0.2) is 29.2 Å². The molecule has 0 bridgehead atoms. The van der Waals surface area contributed by atoms with Crippen LogP contribution in [0, 0.1) is 15.5 Å². The van der Waals surface area contributed by atoms with E-state index in [9.17, 15) is 23.3 Å². The van der Waals surface area contributed by atoms with Gasteiger partial charge in [-0.25, -0.2) is 13.1 Å². The van der Waals surface area contributed by atoms with Crippen molar-refractivity contribution in [1.82, 2.24) is 4.72 Å². The van der Waals surface area contributed by atoms with Crippen LogP contribution in [-0.4, -0.2) is 31.0 Å². The Kier molecular flexibility index (Phi) is 4.46. The summed E-state index contributed by atoms with van der Waals surface area (Å²) in [5.74, 6) is -1.15. The van der Waals surface area contributed by atoms with Gasteiger partial charge in [0.1, 0.15) is 0 Å². The normalized spacial score (nSPS) is 12.1. The van der Waals surface area contributed by atoms with Crippen LogP contribution in [0.5, 0.6) is 0 Å². The van der Waals surface area contributed by atoms with Gasteiger partial charge in [0.15, 0.2) is 0 Å². The van der Waals surface area contributed by atoms with Gasteiger partial charge in [-0.3, -0.25) is 14.9 Å². The molecule has 0 aromatic heterocycles. The lowest BCUT2D eigenvalue weighted by Gasteiger charge is -2.19. The highest BCUT2D eigenvalue weighted by Crippen LogP contribution is 2.19. The molecule has 2 N–H and O–H groups in total. The van der Waals surface area contributed by atoms with Crippen molar-refractivity contribution in [1.29, 1.82) is 0 Å². The first kappa shape index (κ1) is 16.1. The summed E-state index contributed by atoms with van der Waals surface area (Å²) < 4.78 is 26.0. The molecule has 0 atom stereocenters. The zero-order chi connectivity index (χ0) is 15.6. The van der Waals surface area contributed by atoms with Gasteiger partial charge in [-0.05, 0) is 19.9 Å². The molecule has 0 aliphatic heterocycles. The summed E-state index contributed by atoms with van der Waals surface area (Å²) in [4.78, 5) is 20.5. The highest BCUT2D eigenvalue weighted by Gasteiger charge is 2.29. The molecule has 0 aliphatic rings. The van der Waals surface area contributed by atoms with Crippen molar-refractivity contribution in [3.05, 3.63) is 34.4 Å². The molecule has 0 aliphatic carbocycles. The van der Waals surface area contributed by atoms with Crippen molar-refractivity contribution in [2.45, 2.75) is 18.7 Å². The lowest BCUT2D eigenvalue weighted by Crippen LogP contribution is -2.38. The van der Waals surface area contributed by atoms with Crippen molar-refractivity contribution < 1.29 is 23.2 Å². The molecule has 1 rings (SSSR count). The number of nitro groups is 1. The summed E-state index contributed by atoms with van der Waals surface area (Å²) in [6, 6.07) is 4.52. The Morgan fingerprint density at radius 2 is 2.05 bits per heavy atom. The van der Waals surface area contributed by atoms with Gasteiger partial charge in [0.2, 0.25) is 10.0 Å². The first-order valence-corrected chi connectivity index (χ1v) is 7.02. The quantitative estimate of drug-likeness (QED) is 0.595. The molecular formula is C11H14N2O6S. The molecule has 0 amide bonds. The average Bonchev–Trinajstić information content (AvgIpc) is 2.36. The minimum atomic E-state index is -4.00. The van der Waals surface area contributed by atoms with Crippen LogP contribution in [0.4, 0.5) is 5.69 Å². The lowest BCUT2D eigenvalue weighted by molar-refractivity contribution is -0.385. The fraction of sp³-hybridized carbons (Fsp3) is 0.364.